The first kappa shape index (κ1) is 15.8. The topological polar surface area (TPSA) is 63.4 Å². The zero-order valence-corrected chi connectivity index (χ0v) is 13.8. The standard InChI is InChI=1S/C14H22N2O2S2/c1-16-9-10(8-15)6-12(16)11-4-5-14(20(3,17)18)13(7-11)19-2/h4-5,7,10,12H,6,8-9,15H2,1-3H3. The Morgan fingerprint density at radius 3 is 2.65 bits per heavy atom. The minimum atomic E-state index is -3.17. The van der Waals surface area contributed by atoms with Crippen molar-refractivity contribution in [2.45, 2.75) is 22.3 Å². The quantitative estimate of drug-likeness (QED) is 0.858. The van der Waals surface area contributed by atoms with Crippen LogP contribution in [0.5, 0.6) is 0 Å². The largest absolute Gasteiger partial charge is 0.330 e. The highest BCUT2D eigenvalue weighted by atomic mass is 32.2. The van der Waals surface area contributed by atoms with E-state index in [-0.39, 0.29) is 0 Å². The Bertz CT molecular complexity index is 587. The third-order valence-electron chi connectivity index (χ3n) is 3.94. The van der Waals surface area contributed by atoms with Crippen LogP contribution in [0.4, 0.5) is 0 Å². The van der Waals surface area contributed by atoms with Crippen molar-refractivity contribution in [3.05, 3.63) is 23.8 Å². The number of hydrogen-bond donors (Lipinski definition) is 1. The summed E-state index contributed by atoms with van der Waals surface area (Å²) in [7, 11) is -1.07. The first-order valence-electron chi connectivity index (χ1n) is 6.65. The Morgan fingerprint density at radius 2 is 2.15 bits per heavy atom. The van der Waals surface area contributed by atoms with Crippen LogP contribution in [0.3, 0.4) is 0 Å². The van der Waals surface area contributed by atoms with E-state index in [2.05, 4.69) is 11.9 Å². The molecule has 0 saturated carbocycles. The van der Waals surface area contributed by atoms with E-state index in [0.717, 1.165) is 17.9 Å². The lowest BCUT2D eigenvalue weighted by Crippen LogP contribution is -2.20. The number of thioether (sulfide) groups is 1. The summed E-state index contributed by atoms with van der Waals surface area (Å²) in [6.07, 6.45) is 4.21. The van der Waals surface area contributed by atoms with Crippen LogP contribution >= 0.6 is 11.8 Å². The molecule has 1 aromatic carbocycles. The minimum absolute atomic E-state index is 0.336. The van der Waals surface area contributed by atoms with Crippen LogP contribution in [0.1, 0.15) is 18.0 Å². The molecule has 0 spiro atoms. The highest BCUT2D eigenvalue weighted by Gasteiger charge is 2.30. The predicted octanol–water partition coefficient (Wildman–Crippen LogP) is 1.76. The lowest BCUT2D eigenvalue weighted by Gasteiger charge is -2.20. The van der Waals surface area contributed by atoms with E-state index in [0.29, 0.717) is 23.4 Å². The Balaban J connectivity index is 2.36. The summed E-state index contributed by atoms with van der Waals surface area (Å²) in [5, 5.41) is 0. The summed E-state index contributed by atoms with van der Waals surface area (Å²) in [5.41, 5.74) is 6.94. The molecular weight excluding hydrogens is 292 g/mol. The Morgan fingerprint density at radius 1 is 1.45 bits per heavy atom. The third-order valence-corrected chi connectivity index (χ3v) is 6.00. The summed E-state index contributed by atoms with van der Waals surface area (Å²) >= 11 is 1.48. The van der Waals surface area contributed by atoms with E-state index in [4.69, 9.17) is 5.73 Å². The molecule has 112 valence electrons. The van der Waals surface area contributed by atoms with Gasteiger partial charge in [-0.3, -0.25) is 4.90 Å². The molecule has 2 unspecified atom stereocenters. The van der Waals surface area contributed by atoms with Crippen molar-refractivity contribution in [3.63, 3.8) is 0 Å². The first-order valence-corrected chi connectivity index (χ1v) is 9.76. The highest BCUT2D eigenvalue weighted by molar-refractivity contribution is 7.99. The Kier molecular flexibility index (Phi) is 4.79. The lowest BCUT2D eigenvalue weighted by molar-refractivity contribution is 0.313. The number of benzene rings is 1. The fourth-order valence-electron chi connectivity index (χ4n) is 2.86. The van der Waals surface area contributed by atoms with Gasteiger partial charge in [0.25, 0.3) is 0 Å². The number of sulfone groups is 1. The third kappa shape index (κ3) is 3.19. The van der Waals surface area contributed by atoms with Gasteiger partial charge in [0.1, 0.15) is 0 Å². The van der Waals surface area contributed by atoms with Crippen molar-refractivity contribution in [1.29, 1.82) is 0 Å². The van der Waals surface area contributed by atoms with Gasteiger partial charge in [0, 0.05) is 23.7 Å². The molecule has 1 heterocycles. The Labute approximate surface area is 125 Å². The summed E-state index contributed by atoms with van der Waals surface area (Å²) in [6, 6.07) is 6.03. The van der Waals surface area contributed by atoms with Gasteiger partial charge in [0.05, 0.1) is 4.90 Å². The lowest BCUT2D eigenvalue weighted by atomic mass is 10.00. The van der Waals surface area contributed by atoms with Crippen molar-refractivity contribution in [2.24, 2.45) is 11.7 Å². The van der Waals surface area contributed by atoms with E-state index in [9.17, 15) is 8.42 Å². The van der Waals surface area contributed by atoms with Gasteiger partial charge in [-0.15, -0.1) is 11.8 Å². The molecule has 2 atom stereocenters. The van der Waals surface area contributed by atoms with Crippen molar-refractivity contribution in [2.75, 3.05) is 32.6 Å². The van der Waals surface area contributed by atoms with Crippen LogP contribution in [-0.4, -0.2) is 46.0 Å². The van der Waals surface area contributed by atoms with Crippen LogP contribution in [0.15, 0.2) is 28.0 Å². The molecule has 0 bridgehead atoms. The van der Waals surface area contributed by atoms with E-state index < -0.39 is 9.84 Å². The van der Waals surface area contributed by atoms with Gasteiger partial charge in [-0.2, -0.15) is 0 Å². The molecule has 6 heteroatoms. The number of nitrogens with two attached hydrogens (primary N) is 1. The summed E-state index contributed by atoms with van der Waals surface area (Å²) in [5.74, 6) is 0.525. The maximum atomic E-state index is 11.8. The van der Waals surface area contributed by atoms with Gasteiger partial charge < -0.3 is 5.73 Å². The minimum Gasteiger partial charge on any atom is -0.330 e. The van der Waals surface area contributed by atoms with Crippen molar-refractivity contribution in [3.8, 4) is 0 Å². The molecule has 2 rings (SSSR count). The van der Waals surface area contributed by atoms with E-state index in [1.807, 2.05) is 18.4 Å². The van der Waals surface area contributed by atoms with Gasteiger partial charge in [0.2, 0.25) is 0 Å². The van der Waals surface area contributed by atoms with Gasteiger partial charge in [0.15, 0.2) is 9.84 Å². The molecule has 0 aliphatic carbocycles. The van der Waals surface area contributed by atoms with Crippen LogP contribution < -0.4 is 5.73 Å². The second kappa shape index (κ2) is 6.05. The number of hydrogen-bond acceptors (Lipinski definition) is 5. The number of nitrogens with zero attached hydrogens (tertiary/aromatic N) is 1. The molecule has 1 saturated heterocycles. The average Bonchev–Trinajstić information content (AvgIpc) is 2.78. The maximum Gasteiger partial charge on any atom is 0.176 e. The summed E-state index contributed by atoms with van der Waals surface area (Å²) < 4.78 is 23.5. The molecule has 0 aromatic heterocycles. The van der Waals surface area contributed by atoms with Crippen LogP contribution in [0.25, 0.3) is 0 Å². The van der Waals surface area contributed by atoms with E-state index >= 15 is 0 Å². The molecule has 1 fully saturated rings. The number of rotatable bonds is 4. The average molecular weight is 314 g/mol. The first-order chi connectivity index (χ1) is 9.36. The monoisotopic (exact) mass is 314 g/mol. The van der Waals surface area contributed by atoms with Gasteiger partial charge in [-0.1, -0.05) is 6.07 Å². The van der Waals surface area contributed by atoms with Crippen LogP contribution in [-0.2, 0) is 9.84 Å². The molecule has 1 aliphatic heterocycles. The zero-order valence-electron chi connectivity index (χ0n) is 12.2. The molecule has 1 aliphatic rings. The molecule has 0 radical (unpaired) electrons. The van der Waals surface area contributed by atoms with Crippen molar-refractivity contribution in [1.82, 2.24) is 4.90 Å². The van der Waals surface area contributed by atoms with Gasteiger partial charge in [-0.25, -0.2) is 8.42 Å². The normalized spacial score (nSPS) is 24.2. The molecule has 0 amide bonds. The van der Waals surface area contributed by atoms with Crippen molar-refractivity contribution >= 4 is 21.6 Å². The summed E-state index contributed by atoms with van der Waals surface area (Å²) in [4.78, 5) is 3.55. The molecule has 1 aromatic rings. The molecule has 20 heavy (non-hydrogen) atoms. The second-order valence-electron chi connectivity index (χ2n) is 5.48. The number of likely N-dealkylation sites (tertiary alicyclic amines) is 1. The summed E-state index contributed by atoms with van der Waals surface area (Å²) in [6.45, 7) is 1.71. The maximum absolute atomic E-state index is 11.8. The van der Waals surface area contributed by atoms with Crippen LogP contribution in [0, 0.1) is 5.92 Å². The highest BCUT2D eigenvalue weighted by Crippen LogP contribution is 2.36. The Hall–Kier alpha value is -0.560. The van der Waals surface area contributed by atoms with E-state index in [1.165, 1.54) is 23.6 Å². The van der Waals surface area contributed by atoms with Crippen molar-refractivity contribution < 1.29 is 8.42 Å². The molecular formula is C14H22N2O2S2. The fourth-order valence-corrected chi connectivity index (χ4v) is 4.83. The SMILES string of the molecule is CSc1cc(C2CC(CN)CN2C)ccc1S(C)(=O)=O. The van der Waals surface area contributed by atoms with Gasteiger partial charge >= 0.3 is 0 Å². The van der Waals surface area contributed by atoms with E-state index in [1.54, 1.807) is 6.07 Å². The predicted molar refractivity (Wildman–Crippen MR) is 83.9 cm³/mol. The second-order valence-corrected chi connectivity index (χ2v) is 8.31. The fraction of sp³-hybridized carbons (Fsp3) is 0.571. The van der Waals surface area contributed by atoms with Gasteiger partial charge in [-0.05, 0) is 49.9 Å². The smallest absolute Gasteiger partial charge is 0.176 e. The van der Waals surface area contributed by atoms with Crippen LogP contribution in [0.2, 0.25) is 0 Å². The molecule has 2 N–H and O–H groups in total. The zero-order chi connectivity index (χ0) is 14.9. The molecule has 4 nitrogen and oxygen atoms in total.